The monoisotopic (exact) mass is 315 g/mol. The van der Waals surface area contributed by atoms with Crippen LogP contribution in [0.4, 0.5) is 0 Å². The van der Waals surface area contributed by atoms with Crippen molar-refractivity contribution < 1.29 is 4.79 Å². The van der Waals surface area contributed by atoms with Crippen molar-refractivity contribution in [3.8, 4) is 0 Å². The van der Waals surface area contributed by atoms with Crippen LogP contribution < -0.4 is 0 Å². The first-order valence-corrected chi connectivity index (χ1v) is 8.33. The van der Waals surface area contributed by atoms with Gasteiger partial charge in [-0.3, -0.25) is 4.79 Å². The lowest BCUT2D eigenvalue weighted by Gasteiger charge is -2.36. The molecule has 1 atom stereocenters. The molecule has 1 saturated carbocycles. The average molecular weight is 316 g/mol. The molecule has 0 aromatic heterocycles. The van der Waals surface area contributed by atoms with Gasteiger partial charge in [-0.25, -0.2) is 0 Å². The van der Waals surface area contributed by atoms with E-state index in [9.17, 15) is 4.79 Å². The van der Waals surface area contributed by atoms with Crippen molar-refractivity contribution in [2.75, 3.05) is 0 Å². The molecule has 1 heterocycles. The molecule has 21 heavy (non-hydrogen) atoms. The van der Waals surface area contributed by atoms with Gasteiger partial charge < -0.3 is 4.90 Å². The molecule has 0 radical (unpaired) electrons. The van der Waals surface area contributed by atoms with Gasteiger partial charge in [0.15, 0.2) is 0 Å². The van der Waals surface area contributed by atoms with E-state index in [0.29, 0.717) is 6.04 Å². The normalized spacial score (nSPS) is 21.3. The Morgan fingerprint density at radius 1 is 1.05 bits per heavy atom. The predicted octanol–water partition coefficient (Wildman–Crippen LogP) is 4.75. The van der Waals surface area contributed by atoms with Crippen LogP contribution in [-0.4, -0.2) is 16.8 Å². The first kappa shape index (κ1) is 13.2. The van der Waals surface area contributed by atoms with Gasteiger partial charge in [0.2, 0.25) is 0 Å². The summed E-state index contributed by atoms with van der Waals surface area (Å²) in [6, 6.07) is 16.1. The molecule has 1 unspecified atom stereocenters. The van der Waals surface area contributed by atoms with Gasteiger partial charge in [0.1, 0.15) is 5.37 Å². The number of thioether (sulfide) groups is 1. The van der Waals surface area contributed by atoms with Gasteiger partial charge in [0, 0.05) is 16.0 Å². The lowest BCUT2D eigenvalue weighted by molar-refractivity contribution is 0.0712. The minimum absolute atomic E-state index is 0.0529. The van der Waals surface area contributed by atoms with E-state index in [2.05, 4.69) is 4.90 Å². The van der Waals surface area contributed by atoms with E-state index in [1.165, 1.54) is 0 Å². The summed E-state index contributed by atoms with van der Waals surface area (Å²) in [4.78, 5) is 16.0. The first-order chi connectivity index (χ1) is 10.2. The Kier molecular flexibility index (Phi) is 3.20. The van der Waals surface area contributed by atoms with Crippen LogP contribution in [0.5, 0.6) is 0 Å². The second-order valence-electron chi connectivity index (χ2n) is 5.46. The van der Waals surface area contributed by atoms with Crippen molar-refractivity contribution in [2.45, 2.75) is 29.2 Å². The summed E-state index contributed by atoms with van der Waals surface area (Å²) in [5.41, 5.74) is 1.97. The highest BCUT2D eigenvalue weighted by atomic mass is 35.5. The molecule has 0 saturated heterocycles. The van der Waals surface area contributed by atoms with Crippen LogP contribution in [0.2, 0.25) is 5.02 Å². The van der Waals surface area contributed by atoms with Gasteiger partial charge in [-0.15, -0.1) is 0 Å². The van der Waals surface area contributed by atoms with Crippen LogP contribution in [0.3, 0.4) is 0 Å². The number of nitrogens with zero attached hydrogens (tertiary/aromatic N) is 1. The van der Waals surface area contributed by atoms with E-state index in [1.54, 1.807) is 11.8 Å². The summed E-state index contributed by atoms with van der Waals surface area (Å²) in [7, 11) is 0. The van der Waals surface area contributed by atoms with E-state index in [-0.39, 0.29) is 11.3 Å². The number of amides is 1. The minimum atomic E-state index is 0.0529. The second kappa shape index (κ2) is 5.08. The fourth-order valence-electron chi connectivity index (χ4n) is 2.73. The van der Waals surface area contributed by atoms with Crippen LogP contribution in [0.15, 0.2) is 53.4 Å². The SMILES string of the molecule is O=C1c2ccccc2SC(c2ccc(Cl)cc2)N1C1CC1. The number of halogens is 1. The maximum absolute atomic E-state index is 12.8. The highest BCUT2D eigenvalue weighted by Crippen LogP contribution is 2.49. The zero-order chi connectivity index (χ0) is 14.4. The molecule has 4 heteroatoms. The zero-order valence-corrected chi connectivity index (χ0v) is 12.9. The first-order valence-electron chi connectivity index (χ1n) is 7.08. The fraction of sp³-hybridized carbons (Fsp3) is 0.235. The number of hydrogen-bond donors (Lipinski definition) is 0. The number of benzene rings is 2. The van der Waals surface area contributed by atoms with Crippen molar-refractivity contribution in [3.05, 3.63) is 64.7 Å². The molecule has 106 valence electrons. The third-order valence-electron chi connectivity index (χ3n) is 3.94. The number of fused-ring (bicyclic) bond motifs is 1. The van der Waals surface area contributed by atoms with Gasteiger partial charge in [-0.2, -0.15) is 0 Å². The Labute approximate surface area is 133 Å². The van der Waals surface area contributed by atoms with Crippen molar-refractivity contribution in [2.24, 2.45) is 0 Å². The Morgan fingerprint density at radius 3 is 2.48 bits per heavy atom. The Bertz CT molecular complexity index is 696. The summed E-state index contributed by atoms with van der Waals surface area (Å²) in [6.07, 6.45) is 2.22. The van der Waals surface area contributed by atoms with E-state index in [0.717, 1.165) is 33.9 Å². The molecule has 4 rings (SSSR count). The molecule has 1 aliphatic carbocycles. The number of rotatable bonds is 2. The molecule has 1 amide bonds. The molecule has 2 aliphatic rings. The van der Waals surface area contributed by atoms with E-state index < -0.39 is 0 Å². The number of carbonyl (C=O) groups is 1. The molecule has 0 spiro atoms. The second-order valence-corrected chi connectivity index (χ2v) is 7.02. The highest BCUT2D eigenvalue weighted by molar-refractivity contribution is 7.99. The molecule has 0 N–H and O–H groups in total. The lowest BCUT2D eigenvalue weighted by atomic mass is 10.1. The molecule has 2 aromatic carbocycles. The molecule has 1 fully saturated rings. The predicted molar refractivity (Wildman–Crippen MR) is 85.7 cm³/mol. The third kappa shape index (κ3) is 2.34. The molecule has 1 aliphatic heterocycles. The number of carbonyl (C=O) groups excluding carboxylic acids is 1. The fourth-order valence-corrected chi connectivity index (χ4v) is 4.22. The van der Waals surface area contributed by atoms with E-state index in [1.807, 2.05) is 48.5 Å². The third-order valence-corrected chi connectivity index (χ3v) is 5.52. The maximum Gasteiger partial charge on any atom is 0.256 e. The Balaban J connectivity index is 1.78. The zero-order valence-electron chi connectivity index (χ0n) is 11.3. The van der Waals surface area contributed by atoms with Gasteiger partial charge in [0.05, 0.1) is 5.56 Å². The van der Waals surface area contributed by atoms with Crippen molar-refractivity contribution in [3.63, 3.8) is 0 Å². The summed E-state index contributed by atoms with van der Waals surface area (Å²) in [6.45, 7) is 0. The molecule has 0 bridgehead atoms. The standard InChI is InChI=1S/C17H14ClNOS/c18-12-7-5-11(6-8-12)17-19(13-9-10-13)16(20)14-3-1-2-4-15(14)21-17/h1-8,13,17H,9-10H2. The molecular formula is C17H14ClNOS. The van der Waals surface area contributed by atoms with Crippen LogP contribution in [-0.2, 0) is 0 Å². The van der Waals surface area contributed by atoms with Gasteiger partial charge in [0.25, 0.3) is 5.91 Å². The topological polar surface area (TPSA) is 20.3 Å². The van der Waals surface area contributed by atoms with Crippen molar-refractivity contribution >= 4 is 29.3 Å². The molecular weight excluding hydrogens is 302 g/mol. The summed E-state index contributed by atoms with van der Waals surface area (Å²) in [5.74, 6) is 0.159. The van der Waals surface area contributed by atoms with E-state index in [4.69, 9.17) is 11.6 Å². The van der Waals surface area contributed by atoms with Crippen LogP contribution in [0.1, 0.15) is 34.1 Å². The largest absolute Gasteiger partial charge is 0.319 e. The van der Waals surface area contributed by atoms with Crippen LogP contribution >= 0.6 is 23.4 Å². The maximum atomic E-state index is 12.8. The summed E-state index contributed by atoms with van der Waals surface area (Å²) >= 11 is 7.74. The highest BCUT2D eigenvalue weighted by Gasteiger charge is 2.42. The summed E-state index contributed by atoms with van der Waals surface area (Å²) in [5, 5.41) is 0.779. The quantitative estimate of drug-likeness (QED) is 0.797. The van der Waals surface area contributed by atoms with Gasteiger partial charge in [-0.05, 0) is 42.7 Å². The molecule has 2 aromatic rings. The van der Waals surface area contributed by atoms with Crippen molar-refractivity contribution in [1.82, 2.24) is 4.90 Å². The smallest absolute Gasteiger partial charge is 0.256 e. The van der Waals surface area contributed by atoms with Gasteiger partial charge in [-0.1, -0.05) is 47.6 Å². The number of hydrogen-bond acceptors (Lipinski definition) is 2. The lowest BCUT2D eigenvalue weighted by Crippen LogP contribution is -2.38. The van der Waals surface area contributed by atoms with Gasteiger partial charge >= 0.3 is 0 Å². The van der Waals surface area contributed by atoms with E-state index >= 15 is 0 Å². The van der Waals surface area contributed by atoms with Crippen LogP contribution in [0, 0.1) is 0 Å². The Morgan fingerprint density at radius 2 is 1.76 bits per heavy atom. The minimum Gasteiger partial charge on any atom is -0.319 e. The summed E-state index contributed by atoms with van der Waals surface area (Å²) < 4.78 is 0. The van der Waals surface area contributed by atoms with Crippen molar-refractivity contribution in [1.29, 1.82) is 0 Å². The van der Waals surface area contributed by atoms with Crippen LogP contribution in [0.25, 0.3) is 0 Å². The average Bonchev–Trinajstić information content (AvgIpc) is 3.32. The Hall–Kier alpha value is -1.45. The molecule has 2 nitrogen and oxygen atoms in total.